The molecule has 0 bridgehead atoms. The lowest BCUT2D eigenvalue weighted by molar-refractivity contribution is -0.00833. The molecule has 0 fully saturated rings. The third-order valence-corrected chi connectivity index (χ3v) is 10.7. The van der Waals surface area contributed by atoms with Crippen LogP contribution < -0.4 is 24.8 Å². The van der Waals surface area contributed by atoms with Crippen molar-refractivity contribution in [2.45, 2.75) is 63.2 Å². The first kappa shape index (κ1) is 36.9. The SMILES string of the molecule is C[C@@H]1CCCCO[C@H](CN(C)S(=O)(=O)c2ccccc2)[C@H](C)CN([C@@H](C)CO)C(=O)c2cc(NC(=O)Nc3ccc4c(c3)OCO4)ccc2O1. The fourth-order valence-corrected chi connectivity index (χ4v) is 7.06. The van der Waals surface area contributed by atoms with Gasteiger partial charge in [-0.05, 0) is 75.6 Å². The highest BCUT2D eigenvalue weighted by Gasteiger charge is 2.32. The summed E-state index contributed by atoms with van der Waals surface area (Å²) >= 11 is 0. The molecule has 14 heteroatoms. The van der Waals surface area contributed by atoms with Gasteiger partial charge in [-0.25, -0.2) is 13.2 Å². The molecule has 4 atom stereocenters. The number of nitrogens with one attached hydrogen (secondary N) is 2. The molecule has 3 N–H and O–H groups in total. The Morgan fingerprint density at radius 3 is 2.38 bits per heavy atom. The molecule has 0 saturated carbocycles. The van der Waals surface area contributed by atoms with E-state index in [-0.39, 0.29) is 49.0 Å². The van der Waals surface area contributed by atoms with Gasteiger partial charge in [0.05, 0.1) is 35.3 Å². The molecular formula is C36H46N4O9S. The summed E-state index contributed by atoms with van der Waals surface area (Å²) in [5.41, 5.74) is 1.06. The number of benzene rings is 3. The van der Waals surface area contributed by atoms with E-state index >= 15 is 0 Å². The quantitative estimate of drug-likeness (QED) is 0.287. The minimum Gasteiger partial charge on any atom is -0.490 e. The van der Waals surface area contributed by atoms with Crippen LogP contribution in [0.3, 0.4) is 0 Å². The molecule has 2 aliphatic heterocycles. The van der Waals surface area contributed by atoms with Crippen LogP contribution in [-0.4, -0.2) is 93.1 Å². The number of ether oxygens (including phenoxy) is 4. The highest BCUT2D eigenvalue weighted by Crippen LogP contribution is 2.34. The number of hydrogen-bond donors (Lipinski definition) is 3. The first-order chi connectivity index (χ1) is 24.0. The average molecular weight is 711 g/mol. The van der Waals surface area contributed by atoms with E-state index in [9.17, 15) is 23.1 Å². The number of amides is 3. The highest BCUT2D eigenvalue weighted by atomic mass is 32.2. The van der Waals surface area contributed by atoms with Crippen LogP contribution >= 0.6 is 0 Å². The summed E-state index contributed by atoms with van der Waals surface area (Å²) < 4.78 is 51.4. The van der Waals surface area contributed by atoms with Gasteiger partial charge < -0.3 is 39.6 Å². The second kappa shape index (κ2) is 16.6. The summed E-state index contributed by atoms with van der Waals surface area (Å²) in [5.74, 6) is 0.719. The molecule has 0 spiro atoms. The Morgan fingerprint density at radius 2 is 1.66 bits per heavy atom. The van der Waals surface area contributed by atoms with Crippen LogP contribution in [0.15, 0.2) is 71.6 Å². The Bertz CT molecular complexity index is 1740. The smallest absolute Gasteiger partial charge is 0.323 e. The van der Waals surface area contributed by atoms with Crippen LogP contribution in [0.25, 0.3) is 0 Å². The number of carbonyl (C=O) groups is 2. The predicted octanol–water partition coefficient (Wildman–Crippen LogP) is 5.18. The summed E-state index contributed by atoms with van der Waals surface area (Å²) in [6.45, 7) is 5.99. The molecule has 3 aromatic rings. The maximum Gasteiger partial charge on any atom is 0.323 e. The van der Waals surface area contributed by atoms with Crippen LogP contribution in [0.4, 0.5) is 16.2 Å². The normalized spacial score (nSPS) is 20.7. The molecule has 0 aromatic heterocycles. The molecule has 0 unspecified atom stereocenters. The van der Waals surface area contributed by atoms with Crippen LogP contribution in [0, 0.1) is 5.92 Å². The Morgan fingerprint density at radius 1 is 0.980 bits per heavy atom. The van der Waals surface area contributed by atoms with Crippen LogP contribution in [-0.2, 0) is 14.8 Å². The van der Waals surface area contributed by atoms with Crippen molar-refractivity contribution < 1.29 is 42.1 Å². The number of carbonyl (C=O) groups excluding carboxylic acids is 2. The number of anilines is 2. The number of aliphatic hydroxyl groups excluding tert-OH is 1. The first-order valence-electron chi connectivity index (χ1n) is 16.8. The average Bonchev–Trinajstić information content (AvgIpc) is 3.57. The van der Waals surface area contributed by atoms with Crippen LogP contribution in [0.1, 0.15) is 50.4 Å². The summed E-state index contributed by atoms with van der Waals surface area (Å²) in [4.78, 5) is 29.1. The van der Waals surface area contributed by atoms with E-state index in [0.717, 1.165) is 12.8 Å². The van der Waals surface area contributed by atoms with Gasteiger partial charge in [0.2, 0.25) is 16.8 Å². The zero-order valence-electron chi connectivity index (χ0n) is 28.8. The number of fused-ring (bicyclic) bond motifs is 2. The Balaban J connectivity index is 1.39. The Hall–Kier alpha value is -4.37. The molecule has 0 aliphatic carbocycles. The molecule has 2 aliphatic rings. The zero-order chi connectivity index (χ0) is 35.8. The van der Waals surface area contributed by atoms with Gasteiger partial charge in [0.15, 0.2) is 11.5 Å². The summed E-state index contributed by atoms with van der Waals surface area (Å²) in [5, 5.41) is 15.8. The number of aliphatic hydroxyl groups is 1. The number of likely N-dealkylation sites (N-methyl/N-ethyl adjacent to an activating group) is 1. The van der Waals surface area contributed by atoms with Crippen molar-refractivity contribution in [1.29, 1.82) is 0 Å². The molecule has 3 aromatic carbocycles. The summed E-state index contributed by atoms with van der Waals surface area (Å²) in [6, 6.07) is 17.0. The number of rotatable bonds is 8. The van der Waals surface area contributed by atoms with Crippen LogP contribution in [0.2, 0.25) is 0 Å². The number of hydrogen-bond acceptors (Lipinski definition) is 9. The molecule has 0 radical (unpaired) electrons. The molecule has 3 amide bonds. The number of urea groups is 1. The van der Waals surface area contributed by atoms with Crippen molar-refractivity contribution in [1.82, 2.24) is 9.21 Å². The van der Waals surface area contributed by atoms with E-state index in [2.05, 4.69) is 10.6 Å². The van der Waals surface area contributed by atoms with Gasteiger partial charge >= 0.3 is 6.03 Å². The van der Waals surface area contributed by atoms with Crippen molar-refractivity contribution >= 4 is 33.3 Å². The summed E-state index contributed by atoms with van der Waals surface area (Å²) in [7, 11) is -2.26. The van der Waals surface area contributed by atoms with Crippen molar-refractivity contribution in [3.05, 3.63) is 72.3 Å². The maximum atomic E-state index is 14.4. The third kappa shape index (κ3) is 9.04. The monoisotopic (exact) mass is 710 g/mol. The van der Waals surface area contributed by atoms with Gasteiger partial charge in [-0.1, -0.05) is 25.1 Å². The molecule has 13 nitrogen and oxygen atoms in total. The number of nitrogens with zero attached hydrogens (tertiary/aromatic N) is 2. The minimum atomic E-state index is -3.79. The molecular weight excluding hydrogens is 664 g/mol. The lowest BCUT2D eigenvalue weighted by Crippen LogP contribution is -2.48. The molecule has 50 heavy (non-hydrogen) atoms. The van der Waals surface area contributed by atoms with E-state index in [1.165, 1.54) is 11.4 Å². The first-order valence-corrected chi connectivity index (χ1v) is 18.2. The minimum absolute atomic E-state index is 0.0661. The molecule has 270 valence electrons. The van der Waals surface area contributed by atoms with E-state index in [4.69, 9.17) is 18.9 Å². The standard InChI is InChI=1S/C36H46N4O9S/c1-24-20-40(25(2)22-41)35(42)30-18-27(37-36(43)38-28-14-16-32-33(19-28)48-23-47-32)13-15-31(30)49-26(3)10-8-9-17-46-34(24)21-39(4)50(44,45)29-11-6-5-7-12-29/h5-7,11-16,18-19,24-26,34,41H,8-10,17,20-23H2,1-4H3,(H2,37,38,43)/t24-,25+,26-,34-/m1/s1. The highest BCUT2D eigenvalue weighted by molar-refractivity contribution is 7.89. The molecule has 0 saturated heterocycles. The van der Waals surface area contributed by atoms with Crippen molar-refractivity contribution in [2.75, 3.05) is 50.8 Å². The number of sulfonamides is 1. The lowest BCUT2D eigenvalue weighted by atomic mass is 10.0. The fraction of sp³-hybridized carbons (Fsp3) is 0.444. The second-order valence-electron chi connectivity index (χ2n) is 12.8. The third-order valence-electron chi connectivity index (χ3n) is 8.83. The largest absolute Gasteiger partial charge is 0.490 e. The van der Waals surface area contributed by atoms with E-state index in [0.29, 0.717) is 41.7 Å². The summed E-state index contributed by atoms with van der Waals surface area (Å²) in [6.07, 6.45) is 1.42. The lowest BCUT2D eigenvalue weighted by Gasteiger charge is -2.35. The Labute approximate surface area is 293 Å². The molecule has 5 rings (SSSR count). The zero-order valence-corrected chi connectivity index (χ0v) is 29.6. The van der Waals surface area contributed by atoms with Gasteiger partial charge in [0.25, 0.3) is 5.91 Å². The van der Waals surface area contributed by atoms with Gasteiger partial charge in [-0.2, -0.15) is 4.31 Å². The van der Waals surface area contributed by atoms with Crippen molar-refractivity contribution in [3.8, 4) is 17.2 Å². The van der Waals surface area contributed by atoms with Crippen molar-refractivity contribution in [2.24, 2.45) is 5.92 Å². The fourth-order valence-electron chi connectivity index (χ4n) is 5.85. The van der Waals surface area contributed by atoms with E-state index in [1.54, 1.807) is 78.6 Å². The Kier molecular flexibility index (Phi) is 12.2. The van der Waals surface area contributed by atoms with Gasteiger partial charge in [0, 0.05) is 50.1 Å². The van der Waals surface area contributed by atoms with Gasteiger partial charge in [-0.15, -0.1) is 0 Å². The van der Waals surface area contributed by atoms with Gasteiger partial charge in [-0.3, -0.25) is 4.79 Å². The van der Waals surface area contributed by atoms with Crippen molar-refractivity contribution in [3.63, 3.8) is 0 Å². The maximum absolute atomic E-state index is 14.4. The molecule has 2 heterocycles. The van der Waals surface area contributed by atoms with E-state index < -0.39 is 34.1 Å². The van der Waals surface area contributed by atoms with E-state index in [1.807, 2.05) is 13.8 Å². The predicted molar refractivity (Wildman–Crippen MR) is 188 cm³/mol. The second-order valence-corrected chi connectivity index (χ2v) is 14.8. The topological polar surface area (TPSA) is 156 Å². The van der Waals surface area contributed by atoms with Gasteiger partial charge in [0.1, 0.15) is 5.75 Å². The van der Waals surface area contributed by atoms with Crippen LogP contribution in [0.5, 0.6) is 17.2 Å².